The molecule has 2 aromatic rings. The van der Waals surface area contributed by atoms with Crippen LogP contribution in [0.4, 0.5) is 0 Å². The Balaban J connectivity index is 1.81. The van der Waals surface area contributed by atoms with Crippen LogP contribution in [0.5, 0.6) is 11.5 Å². The Morgan fingerprint density at radius 2 is 1.90 bits per heavy atom. The third-order valence-electron chi connectivity index (χ3n) is 4.85. The van der Waals surface area contributed by atoms with Crippen molar-refractivity contribution in [3.05, 3.63) is 58.6 Å². The van der Waals surface area contributed by atoms with Crippen LogP contribution in [-0.4, -0.2) is 56.0 Å². The second kappa shape index (κ2) is 12.0. The fourth-order valence-corrected chi connectivity index (χ4v) is 3.09. The zero-order valence-corrected chi connectivity index (χ0v) is 18.6. The number of likely N-dealkylation sites (N-methyl/N-ethyl adjacent to an activating group) is 1. The summed E-state index contributed by atoms with van der Waals surface area (Å²) in [5.41, 5.74) is 2.33. The molecule has 0 amide bonds. The van der Waals surface area contributed by atoms with Crippen molar-refractivity contribution in [2.75, 3.05) is 33.9 Å². The highest BCUT2D eigenvalue weighted by Crippen LogP contribution is 2.28. The van der Waals surface area contributed by atoms with E-state index in [2.05, 4.69) is 30.1 Å². The van der Waals surface area contributed by atoms with Gasteiger partial charge in [-0.25, -0.2) is 0 Å². The van der Waals surface area contributed by atoms with Gasteiger partial charge < -0.3 is 24.8 Å². The molecule has 5 nitrogen and oxygen atoms in total. The van der Waals surface area contributed by atoms with Crippen molar-refractivity contribution in [1.82, 2.24) is 10.2 Å². The van der Waals surface area contributed by atoms with Gasteiger partial charge in [-0.15, -0.1) is 0 Å². The molecule has 0 aliphatic heterocycles. The smallest absolute Gasteiger partial charge is 0.161 e. The zero-order valence-electron chi connectivity index (χ0n) is 17.8. The van der Waals surface area contributed by atoms with Gasteiger partial charge in [0.05, 0.1) is 7.11 Å². The third-order valence-corrected chi connectivity index (χ3v) is 5.08. The van der Waals surface area contributed by atoms with Crippen LogP contribution < -0.4 is 14.8 Å². The molecule has 0 aromatic heterocycles. The number of halogens is 1. The Morgan fingerprint density at radius 3 is 2.59 bits per heavy atom. The van der Waals surface area contributed by atoms with Crippen LogP contribution >= 0.6 is 11.6 Å². The van der Waals surface area contributed by atoms with Crippen molar-refractivity contribution in [1.29, 1.82) is 0 Å². The van der Waals surface area contributed by atoms with Gasteiger partial charge >= 0.3 is 0 Å². The second-order valence-corrected chi connectivity index (χ2v) is 7.98. The molecule has 0 aliphatic carbocycles. The van der Waals surface area contributed by atoms with Gasteiger partial charge in [0.25, 0.3) is 0 Å². The number of rotatable bonds is 12. The van der Waals surface area contributed by atoms with Crippen molar-refractivity contribution >= 4 is 11.6 Å². The molecular weight excluding hydrogens is 388 g/mol. The largest absolute Gasteiger partial charge is 0.493 e. The van der Waals surface area contributed by atoms with Gasteiger partial charge in [-0.2, -0.15) is 0 Å². The van der Waals surface area contributed by atoms with E-state index in [1.54, 1.807) is 7.11 Å². The molecule has 0 saturated carbocycles. The normalized spacial score (nSPS) is 12.4. The van der Waals surface area contributed by atoms with Gasteiger partial charge in [0.15, 0.2) is 11.5 Å². The molecule has 160 valence electrons. The van der Waals surface area contributed by atoms with E-state index in [1.807, 2.05) is 43.4 Å². The average molecular weight is 421 g/mol. The maximum atomic E-state index is 10.2. The Kier molecular flexibility index (Phi) is 9.74. The first-order valence-corrected chi connectivity index (χ1v) is 10.4. The van der Waals surface area contributed by atoms with Crippen LogP contribution in [0.2, 0.25) is 5.02 Å². The molecule has 0 aliphatic rings. The molecule has 6 heteroatoms. The summed E-state index contributed by atoms with van der Waals surface area (Å²) in [5.74, 6) is 1.31. The summed E-state index contributed by atoms with van der Waals surface area (Å²) in [7, 11) is 3.62. The van der Waals surface area contributed by atoms with Crippen LogP contribution in [-0.2, 0) is 13.0 Å². The van der Waals surface area contributed by atoms with Crippen LogP contribution in [0.15, 0.2) is 42.5 Å². The molecule has 2 N–H and O–H groups in total. The lowest BCUT2D eigenvalue weighted by molar-refractivity contribution is 0.0668. The number of methoxy groups -OCH3 is 1. The van der Waals surface area contributed by atoms with Crippen LogP contribution in [0.25, 0.3) is 0 Å². The van der Waals surface area contributed by atoms with Crippen molar-refractivity contribution in [3.8, 4) is 11.5 Å². The monoisotopic (exact) mass is 420 g/mol. The standard InChI is InChI=1S/C23H33ClN2O3/c1-17(2)26(3)15-21(27)16-29-22-9-8-19(13-23(22)28-4)14-25-11-10-18-6-5-7-20(24)12-18/h5-9,12-13,17,21,25,27H,10-11,14-16H2,1-4H3. The van der Waals surface area contributed by atoms with Crippen molar-refractivity contribution < 1.29 is 14.6 Å². The Hall–Kier alpha value is -1.79. The fourth-order valence-electron chi connectivity index (χ4n) is 2.88. The van der Waals surface area contributed by atoms with Crippen molar-refractivity contribution in [3.63, 3.8) is 0 Å². The Bertz CT molecular complexity index is 755. The Morgan fingerprint density at radius 1 is 1.10 bits per heavy atom. The maximum absolute atomic E-state index is 10.2. The number of nitrogens with zero attached hydrogens (tertiary/aromatic N) is 1. The van der Waals surface area contributed by atoms with Crippen LogP contribution in [0.1, 0.15) is 25.0 Å². The molecule has 0 heterocycles. The van der Waals surface area contributed by atoms with E-state index < -0.39 is 6.10 Å². The molecule has 1 atom stereocenters. The number of aliphatic hydroxyl groups excluding tert-OH is 1. The SMILES string of the molecule is COc1cc(CNCCc2cccc(Cl)c2)ccc1OCC(O)CN(C)C(C)C. The molecule has 0 spiro atoms. The van der Waals surface area contributed by atoms with Crippen LogP contribution in [0.3, 0.4) is 0 Å². The van der Waals surface area contributed by atoms with Gasteiger partial charge in [0, 0.05) is 24.2 Å². The van der Waals surface area contributed by atoms with Gasteiger partial charge in [-0.1, -0.05) is 29.8 Å². The van der Waals surface area contributed by atoms with E-state index in [4.69, 9.17) is 21.1 Å². The minimum absolute atomic E-state index is 0.227. The maximum Gasteiger partial charge on any atom is 0.161 e. The highest BCUT2D eigenvalue weighted by atomic mass is 35.5. The molecule has 1 unspecified atom stereocenters. The van der Waals surface area contributed by atoms with Gasteiger partial charge in [0.1, 0.15) is 12.7 Å². The topological polar surface area (TPSA) is 54.0 Å². The minimum Gasteiger partial charge on any atom is -0.493 e. The predicted octanol–water partition coefficient (Wildman–Crippen LogP) is 3.76. The number of hydrogen-bond donors (Lipinski definition) is 2. The van der Waals surface area contributed by atoms with E-state index in [0.29, 0.717) is 24.1 Å². The van der Waals surface area contributed by atoms with E-state index in [-0.39, 0.29) is 6.61 Å². The summed E-state index contributed by atoms with van der Waals surface area (Å²) >= 11 is 6.02. The van der Waals surface area contributed by atoms with E-state index in [1.165, 1.54) is 5.56 Å². The lowest BCUT2D eigenvalue weighted by Crippen LogP contribution is -2.36. The number of hydrogen-bond acceptors (Lipinski definition) is 5. The first-order chi connectivity index (χ1) is 13.9. The van der Waals surface area contributed by atoms with E-state index in [9.17, 15) is 5.11 Å². The predicted molar refractivity (Wildman–Crippen MR) is 119 cm³/mol. The molecule has 0 fully saturated rings. The average Bonchev–Trinajstić information content (AvgIpc) is 2.70. The lowest BCUT2D eigenvalue weighted by atomic mass is 10.1. The Labute approximate surface area is 179 Å². The molecule has 2 rings (SSSR count). The quantitative estimate of drug-likeness (QED) is 0.512. The number of benzene rings is 2. The lowest BCUT2D eigenvalue weighted by Gasteiger charge is -2.24. The first kappa shape index (κ1) is 23.5. The third kappa shape index (κ3) is 8.23. The minimum atomic E-state index is -0.556. The molecule has 0 saturated heterocycles. The van der Waals surface area contributed by atoms with Gasteiger partial charge in [-0.05, 0) is 69.3 Å². The second-order valence-electron chi connectivity index (χ2n) is 7.54. The summed E-state index contributed by atoms with van der Waals surface area (Å²) in [5, 5.41) is 14.4. The van der Waals surface area contributed by atoms with Gasteiger partial charge in [0.2, 0.25) is 0 Å². The van der Waals surface area contributed by atoms with E-state index in [0.717, 1.165) is 30.1 Å². The first-order valence-electron chi connectivity index (χ1n) is 10.0. The zero-order chi connectivity index (χ0) is 21.2. The van der Waals surface area contributed by atoms with Crippen molar-refractivity contribution in [2.24, 2.45) is 0 Å². The fraction of sp³-hybridized carbons (Fsp3) is 0.478. The summed E-state index contributed by atoms with van der Waals surface area (Å²) in [6.45, 7) is 6.57. The molecule has 0 bridgehead atoms. The number of nitrogens with one attached hydrogen (secondary N) is 1. The number of aliphatic hydroxyl groups is 1. The number of ether oxygens (including phenoxy) is 2. The highest BCUT2D eigenvalue weighted by Gasteiger charge is 2.13. The van der Waals surface area contributed by atoms with E-state index >= 15 is 0 Å². The summed E-state index contributed by atoms with van der Waals surface area (Å²) in [6.07, 6.45) is 0.363. The molecule has 29 heavy (non-hydrogen) atoms. The summed E-state index contributed by atoms with van der Waals surface area (Å²) in [6, 6.07) is 14.2. The van der Waals surface area contributed by atoms with Crippen LogP contribution in [0, 0.1) is 0 Å². The molecular formula is C23H33ClN2O3. The van der Waals surface area contributed by atoms with Crippen molar-refractivity contribution in [2.45, 2.75) is 39.0 Å². The van der Waals surface area contributed by atoms with Gasteiger partial charge in [-0.3, -0.25) is 0 Å². The molecule has 0 radical (unpaired) electrons. The highest BCUT2D eigenvalue weighted by molar-refractivity contribution is 6.30. The summed E-state index contributed by atoms with van der Waals surface area (Å²) in [4.78, 5) is 2.09. The molecule has 2 aromatic carbocycles. The summed E-state index contributed by atoms with van der Waals surface area (Å²) < 4.78 is 11.3.